The standard InChI is InChI=1S/2C18H26O5Si.CH4/c1-18(2,3)24(4,5)22-11-14-15(23-17(14)20)12-21-16(19)13-9-7-6-8-10-13;1-18(2,3)24(4,5)22-12-15-14(17(20)23-15)11-21-16(19)13-9-7-6-8-10-13;/h2*6-10,14-15H,11-12H2,1-5H3;1H4/t2*14-,15-;/m10./s1. The van der Waals surface area contributed by atoms with Crippen molar-refractivity contribution in [2.45, 2.75) is 97.4 Å². The highest BCUT2D eigenvalue weighted by molar-refractivity contribution is 6.74. The van der Waals surface area contributed by atoms with E-state index in [1.807, 2.05) is 12.1 Å². The minimum absolute atomic E-state index is 0. The van der Waals surface area contributed by atoms with Crippen LogP contribution in [0.3, 0.4) is 0 Å². The van der Waals surface area contributed by atoms with E-state index >= 15 is 0 Å². The molecule has 10 nitrogen and oxygen atoms in total. The lowest BCUT2D eigenvalue weighted by atomic mass is 9.99. The Morgan fingerprint density at radius 1 is 0.592 bits per heavy atom. The largest absolute Gasteiger partial charge is 0.461 e. The van der Waals surface area contributed by atoms with E-state index in [0.29, 0.717) is 24.3 Å². The molecule has 0 aliphatic carbocycles. The number of rotatable bonds is 12. The van der Waals surface area contributed by atoms with Crippen LogP contribution in [-0.4, -0.2) is 79.1 Å². The van der Waals surface area contributed by atoms with Crippen LogP contribution in [0.5, 0.6) is 0 Å². The summed E-state index contributed by atoms with van der Waals surface area (Å²) in [6, 6.07) is 17.5. The number of cyclic esters (lactones) is 2. The first-order valence-corrected chi connectivity index (χ1v) is 22.2. The molecule has 4 rings (SSSR count). The molecule has 0 aromatic heterocycles. The zero-order chi connectivity index (χ0) is 35.9. The number of carbonyl (C=O) groups excluding carboxylic acids is 4. The smallest absolute Gasteiger partial charge is 0.338 e. The van der Waals surface area contributed by atoms with Gasteiger partial charge in [-0.2, -0.15) is 0 Å². The normalized spacial score (nSPS) is 20.5. The third-order valence-corrected chi connectivity index (χ3v) is 18.7. The number of esters is 4. The molecule has 0 unspecified atom stereocenters. The molecule has 2 fully saturated rings. The van der Waals surface area contributed by atoms with Gasteiger partial charge < -0.3 is 27.8 Å². The Hall–Kier alpha value is -3.33. The van der Waals surface area contributed by atoms with E-state index in [1.165, 1.54) is 0 Å². The maximum Gasteiger partial charge on any atom is 0.338 e. The van der Waals surface area contributed by atoms with Crippen LogP contribution in [0.25, 0.3) is 0 Å². The van der Waals surface area contributed by atoms with Crippen LogP contribution in [0.15, 0.2) is 60.7 Å². The maximum atomic E-state index is 12.0. The fourth-order valence-corrected chi connectivity index (χ4v) is 6.15. The number of carbonyl (C=O) groups is 4. The fourth-order valence-electron chi connectivity index (χ4n) is 4.11. The molecule has 272 valence electrons. The van der Waals surface area contributed by atoms with Crippen LogP contribution in [0.2, 0.25) is 36.3 Å². The second kappa shape index (κ2) is 17.1. The van der Waals surface area contributed by atoms with Crippen molar-refractivity contribution in [2.24, 2.45) is 11.8 Å². The van der Waals surface area contributed by atoms with Crippen molar-refractivity contribution in [3.05, 3.63) is 71.8 Å². The number of benzene rings is 2. The molecule has 2 aromatic rings. The van der Waals surface area contributed by atoms with Crippen molar-refractivity contribution in [1.29, 1.82) is 0 Å². The topological polar surface area (TPSA) is 124 Å². The van der Waals surface area contributed by atoms with E-state index in [9.17, 15) is 19.2 Å². The van der Waals surface area contributed by atoms with Gasteiger partial charge in [-0.05, 0) is 60.5 Å². The summed E-state index contributed by atoms with van der Waals surface area (Å²) >= 11 is 0. The maximum absolute atomic E-state index is 12.0. The Bertz CT molecular complexity index is 1400. The van der Waals surface area contributed by atoms with Gasteiger partial charge in [0.05, 0.1) is 24.3 Å². The Morgan fingerprint density at radius 3 is 1.33 bits per heavy atom. The molecule has 2 heterocycles. The van der Waals surface area contributed by atoms with Gasteiger partial charge in [0.25, 0.3) is 0 Å². The molecule has 2 aromatic carbocycles. The van der Waals surface area contributed by atoms with Crippen LogP contribution < -0.4 is 0 Å². The summed E-state index contributed by atoms with van der Waals surface area (Å²) in [6.07, 6.45) is -0.759. The molecule has 0 saturated carbocycles. The summed E-state index contributed by atoms with van der Waals surface area (Å²) in [5, 5.41) is 0.173. The molecule has 2 aliphatic heterocycles. The van der Waals surface area contributed by atoms with Gasteiger partial charge in [0, 0.05) is 0 Å². The van der Waals surface area contributed by atoms with E-state index in [1.54, 1.807) is 48.5 Å². The van der Waals surface area contributed by atoms with Gasteiger partial charge in [0.1, 0.15) is 31.2 Å². The van der Waals surface area contributed by atoms with Crippen molar-refractivity contribution in [2.75, 3.05) is 26.4 Å². The zero-order valence-corrected chi connectivity index (χ0v) is 32.0. The monoisotopic (exact) mass is 716 g/mol. The third kappa shape index (κ3) is 11.3. The van der Waals surface area contributed by atoms with Gasteiger partial charge in [-0.1, -0.05) is 85.4 Å². The Balaban J connectivity index is 0.000000333. The van der Waals surface area contributed by atoms with Crippen molar-refractivity contribution in [3.63, 3.8) is 0 Å². The van der Waals surface area contributed by atoms with Crippen molar-refractivity contribution in [1.82, 2.24) is 0 Å². The predicted molar refractivity (Wildman–Crippen MR) is 193 cm³/mol. The van der Waals surface area contributed by atoms with Crippen LogP contribution in [0.1, 0.15) is 69.7 Å². The van der Waals surface area contributed by atoms with Crippen molar-refractivity contribution in [3.8, 4) is 0 Å². The lowest BCUT2D eigenvalue weighted by Gasteiger charge is -2.40. The first-order chi connectivity index (χ1) is 22.2. The second-order valence-electron chi connectivity index (χ2n) is 15.2. The van der Waals surface area contributed by atoms with Crippen LogP contribution in [-0.2, 0) is 37.4 Å². The van der Waals surface area contributed by atoms with Crippen LogP contribution in [0.4, 0.5) is 0 Å². The number of hydrogen-bond donors (Lipinski definition) is 0. The van der Waals surface area contributed by atoms with E-state index in [-0.39, 0.29) is 54.7 Å². The molecule has 0 spiro atoms. The minimum Gasteiger partial charge on any atom is -0.461 e. The van der Waals surface area contributed by atoms with Gasteiger partial charge in [-0.15, -0.1) is 0 Å². The first-order valence-electron chi connectivity index (χ1n) is 16.4. The molecule has 4 atom stereocenters. The second-order valence-corrected chi connectivity index (χ2v) is 24.9. The molecule has 0 N–H and O–H groups in total. The summed E-state index contributed by atoms with van der Waals surface area (Å²) in [5.74, 6) is -2.26. The first kappa shape index (κ1) is 41.8. The molecule has 49 heavy (non-hydrogen) atoms. The van der Waals surface area contributed by atoms with Crippen LogP contribution in [0, 0.1) is 11.8 Å². The Morgan fingerprint density at radius 2 is 0.939 bits per heavy atom. The molecule has 12 heteroatoms. The molecule has 0 amide bonds. The average molecular weight is 717 g/mol. The van der Waals surface area contributed by atoms with Gasteiger partial charge >= 0.3 is 23.9 Å². The lowest BCUT2D eigenvalue weighted by Crippen LogP contribution is -2.53. The minimum atomic E-state index is -1.92. The quantitative estimate of drug-likeness (QED) is 0.124. The van der Waals surface area contributed by atoms with Crippen molar-refractivity contribution < 1.29 is 47.0 Å². The average Bonchev–Trinajstić information content (AvgIpc) is 3.00. The molecule has 2 saturated heterocycles. The van der Waals surface area contributed by atoms with E-state index in [0.717, 1.165) is 0 Å². The predicted octanol–water partition coefficient (Wildman–Crippen LogP) is 7.45. The molecule has 0 radical (unpaired) electrons. The fraction of sp³-hybridized carbons (Fsp3) is 0.568. The highest BCUT2D eigenvalue weighted by Gasteiger charge is 2.47. The zero-order valence-electron chi connectivity index (χ0n) is 30.0. The number of hydrogen-bond acceptors (Lipinski definition) is 10. The van der Waals surface area contributed by atoms with Crippen LogP contribution >= 0.6 is 0 Å². The SMILES string of the molecule is C.CC(C)(C)[Si](C)(C)OC[C@@H]1OC(=O)[C@H]1COC(=O)c1ccccc1.CC(C)(C)[Si](C)(C)OC[C@H]1C(=O)O[C@@H]1COC(=O)c1ccccc1. The Kier molecular flexibility index (Phi) is 14.6. The number of ether oxygens (including phenoxy) is 4. The van der Waals surface area contributed by atoms with Gasteiger partial charge in [0.15, 0.2) is 22.7 Å². The molecular formula is C37H56O10Si2. The van der Waals surface area contributed by atoms with Gasteiger partial charge in [-0.3, -0.25) is 9.59 Å². The molecule has 0 bridgehead atoms. The Labute approximate surface area is 294 Å². The lowest BCUT2D eigenvalue weighted by molar-refractivity contribution is -0.193. The van der Waals surface area contributed by atoms with Gasteiger partial charge in [0.2, 0.25) is 0 Å². The summed E-state index contributed by atoms with van der Waals surface area (Å²) in [4.78, 5) is 47.2. The summed E-state index contributed by atoms with van der Waals surface area (Å²) < 4.78 is 32.9. The highest BCUT2D eigenvalue weighted by Crippen LogP contribution is 2.38. The summed E-state index contributed by atoms with van der Waals surface area (Å²) in [5.41, 5.74) is 0.955. The van der Waals surface area contributed by atoms with E-state index < -0.39 is 40.6 Å². The summed E-state index contributed by atoms with van der Waals surface area (Å²) in [7, 11) is -3.82. The van der Waals surface area contributed by atoms with Crippen molar-refractivity contribution >= 4 is 40.5 Å². The van der Waals surface area contributed by atoms with E-state index in [4.69, 9.17) is 27.8 Å². The highest BCUT2D eigenvalue weighted by atomic mass is 28.4. The molecular weight excluding hydrogens is 661 g/mol. The van der Waals surface area contributed by atoms with Gasteiger partial charge in [-0.25, -0.2) is 9.59 Å². The van der Waals surface area contributed by atoms with E-state index in [2.05, 4.69) is 67.7 Å². The third-order valence-electron chi connectivity index (χ3n) is 9.67. The molecule has 2 aliphatic rings. The summed E-state index contributed by atoms with van der Waals surface area (Å²) in [6.45, 7) is 22.3.